The molecular formula is C15H15N3O2. The molecule has 0 aliphatic heterocycles. The molecule has 0 saturated heterocycles. The van der Waals surface area contributed by atoms with E-state index in [1.807, 2.05) is 30.3 Å². The molecule has 0 N–H and O–H groups in total. The number of hydrogen-bond donors (Lipinski definition) is 0. The third-order valence-corrected chi connectivity index (χ3v) is 2.90. The van der Waals surface area contributed by atoms with Gasteiger partial charge in [-0.3, -0.25) is 4.68 Å². The van der Waals surface area contributed by atoms with Gasteiger partial charge in [0, 0.05) is 6.20 Å². The van der Waals surface area contributed by atoms with Crippen molar-refractivity contribution in [2.24, 2.45) is 0 Å². The lowest BCUT2D eigenvalue weighted by atomic mass is 10.0. The van der Waals surface area contributed by atoms with Gasteiger partial charge in [-0.25, -0.2) is 4.79 Å². The Morgan fingerprint density at radius 2 is 2.20 bits per heavy atom. The minimum absolute atomic E-state index is 0.204. The van der Waals surface area contributed by atoms with Crippen LogP contribution < -0.4 is 0 Å². The molecule has 1 aromatic carbocycles. The van der Waals surface area contributed by atoms with Crippen molar-refractivity contribution < 1.29 is 9.53 Å². The van der Waals surface area contributed by atoms with E-state index in [9.17, 15) is 4.79 Å². The van der Waals surface area contributed by atoms with Gasteiger partial charge in [0.1, 0.15) is 0 Å². The first-order valence-electron chi connectivity index (χ1n) is 6.39. The van der Waals surface area contributed by atoms with Crippen molar-refractivity contribution in [3.8, 4) is 6.07 Å². The van der Waals surface area contributed by atoms with E-state index in [1.54, 1.807) is 17.8 Å². The van der Waals surface area contributed by atoms with Crippen LogP contribution in [0.5, 0.6) is 0 Å². The molecule has 1 atom stereocenters. The zero-order valence-corrected chi connectivity index (χ0v) is 11.2. The van der Waals surface area contributed by atoms with Crippen LogP contribution >= 0.6 is 0 Å². The summed E-state index contributed by atoms with van der Waals surface area (Å²) in [5.41, 5.74) is 1.37. The lowest BCUT2D eigenvalue weighted by molar-refractivity contribution is 0.0526. The lowest BCUT2D eigenvalue weighted by Crippen LogP contribution is -2.11. The highest BCUT2D eigenvalue weighted by Gasteiger charge is 2.17. The molecule has 5 heteroatoms. The van der Waals surface area contributed by atoms with E-state index in [0.717, 1.165) is 5.56 Å². The van der Waals surface area contributed by atoms with E-state index in [-0.39, 0.29) is 12.5 Å². The summed E-state index contributed by atoms with van der Waals surface area (Å²) in [5.74, 6) is -0.400. The molecule has 1 aromatic heterocycles. The number of ether oxygens (including phenoxy) is 1. The summed E-state index contributed by atoms with van der Waals surface area (Å²) < 4.78 is 6.56. The monoisotopic (exact) mass is 269 g/mol. The number of nitriles is 1. The first kappa shape index (κ1) is 13.8. The van der Waals surface area contributed by atoms with Crippen LogP contribution in [0.25, 0.3) is 0 Å². The van der Waals surface area contributed by atoms with Gasteiger partial charge in [-0.05, 0) is 12.5 Å². The average Bonchev–Trinajstić information content (AvgIpc) is 2.95. The Hall–Kier alpha value is -2.61. The summed E-state index contributed by atoms with van der Waals surface area (Å²) >= 11 is 0. The number of aromatic nitrogens is 2. The number of nitrogens with zero attached hydrogens (tertiary/aromatic N) is 3. The fourth-order valence-electron chi connectivity index (χ4n) is 1.95. The van der Waals surface area contributed by atoms with Crippen LogP contribution in [0.2, 0.25) is 0 Å². The zero-order chi connectivity index (χ0) is 14.4. The molecular weight excluding hydrogens is 254 g/mol. The van der Waals surface area contributed by atoms with Crippen molar-refractivity contribution in [2.45, 2.75) is 19.4 Å². The molecule has 20 heavy (non-hydrogen) atoms. The molecule has 1 heterocycles. The number of rotatable bonds is 5. The molecule has 2 aromatic rings. The van der Waals surface area contributed by atoms with E-state index in [1.165, 1.54) is 6.20 Å². The van der Waals surface area contributed by atoms with Gasteiger partial charge in [-0.2, -0.15) is 10.4 Å². The first-order chi connectivity index (χ1) is 9.76. The van der Waals surface area contributed by atoms with Crippen molar-refractivity contribution in [1.29, 1.82) is 5.26 Å². The molecule has 5 nitrogen and oxygen atoms in total. The third-order valence-electron chi connectivity index (χ3n) is 2.90. The van der Waals surface area contributed by atoms with E-state index in [4.69, 9.17) is 10.00 Å². The number of benzene rings is 1. The molecule has 0 saturated carbocycles. The molecule has 102 valence electrons. The van der Waals surface area contributed by atoms with Gasteiger partial charge >= 0.3 is 5.97 Å². The van der Waals surface area contributed by atoms with Gasteiger partial charge in [0.2, 0.25) is 0 Å². The van der Waals surface area contributed by atoms with Crippen LogP contribution in [0.4, 0.5) is 0 Å². The fraction of sp³-hybridized carbons (Fsp3) is 0.267. The van der Waals surface area contributed by atoms with Crippen LogP contribution in [0, 0.1) is 11.3 Å². The fourth-order valence-corrected chi connectivity index (χ4v) is 1.95. The minimum Gasteiger partial charge on any atom is -0.462 e. The highest BCUT2D eigenvalue weighted by molar-refractivity contribution is 5.88. The standard InChI is InChI=1S/C15H15N3O2/c1-2-20-15(19)13-10-17-18(11-13)14(8-9-16)12-6-4-3-5-7-12/h3-7,10-11,14H,2,8H2,1H3. The summed E-state index contributed by atoms with van der Waals surface area (Å²) in [4.78, 5) is 11.6. The Morgan fingerprint density at radius 1 is 1.45 bits per heavy atom. The summed E-state index contributed by atoms with van der Waals surface area (Å²) in [6.45, 7) is 2.08. The first-order valence-corrected chi connectivity index (χ1v) is 6.39. The van der Waals surface area contributed by atoms with Crippen molar-refractivity contribution in [3.63, 3.8) is 0 Å². The van der Waals surface area contributed by atoms with Gasteiger partial charge in [-0.15, -0.1) is 0 Å². The third kappa shape index (κ3) is 3.04. The predicted molar refractivity (Wildman–Crippen MR) is 73.0 cm³/mol. The Balaban J connectivity index is 2.27. The molecule has 1 unspecified atom stereocenters. The molecule has 0 aliphatic rings. The number of carbonyl (C=O) groups is 1. The predicted octanol–water partition coefficient (Wildman–Crippen LogP) is 2.56. The maximum absolute atomic E-state index is 11.6. The minimum atomic E-state index is -0.400. The summed E-state index contributed by atoms with van der Waals surface area (Å²) in [6, 6.07) is 11.6. The van der Waals surface area contributed by atoms with E-state index >= 15 is 0 Å². The summed E-state index contributed by atoms with van der Waals surface area (Å²) in [7, 11) is 0. The maximum Gasteiger partial charge on any atom is 0.341 e. The van der Waals surface area contributed by atoms with Gasteiger partial charge in [0.25, 0.3) is 0 Å². The Morgan fingerprint density at radius 3 is 2.85 bits per heavy atom. The van der Waals surface area contributed by atoms with E-state index < -0.39 is 5.97 Å². The molecule has 0 aliphatic carbocycles. The summed E-state index contributed by atoms with van der Waals surface area (Å²) in [6.07, 6.45) is 3.37. The number of esters is 1. The van der Waals surface area contributed by atoms with Crippen LogP contribution in [-0.4, -0.2) is 22.4 Å². The molecule has 0 fully saturated rings. The quantitative estimate of drug-likeness (QED) is 0.782. The summed E-state index contributed by atoms with van der Waals surface area (Å²) in [5, 5.41) is 13.2. The van der Waals surface area contributed by atoms with Crippen molar-refractivity contribution in [2.75, 3.05) is 6.61 Å². The van der Waals surface area contributed by atoms with E-state index in [2.05, 4.69) is 11.2 Å². The van der Waals surface area contributed by atoms with Gasteiger partial charge < -0.3 is 4.74 Å². The molecule has 0 spiro atoms. The average molecular weight is 269 g/mol. The SMILES string of the molecule is CCOC(=O)c1cnn(C(CC#N)c2ccccc2)c1. The number of hydrogen-bond acceptors (Lipinski definition) is 4. The highest BCUT2D eigenvalue weighted by Crippen LogP contribution is 2.21. The molecule has 2 rings (SSSR count). The van der Waals surface area contributed by atoms with E-state index in [0.29, 0.717) is 12.2 Å². The second-order valence-electron chi connectivity index (χ2n) is 4.22. The van der Waals surface area contributed by atoms with Crippen LogP contribution in [0.3, 0.4) is 0 Å². The topological polar surface area (TPSA) is 67.9 Å². The zero-order valence-electron chi connectivity index (χ0n) is 11.2. The second-order valence-corrected chi connectivity index (χ2v) is 4.22. The van der Waals surface area contributed by atoms with Gasteiger partial charge in [0.15, 0.2) is 0 Å². The lowest BCUT2D eigenvalue weighted by Gasteiger charge is -2.14. The van der Waals surface area contributed by atoms with Crippen LogP contribution in [0.1, 0.15) is 35.3 Å². The Kier molecular flexibility index (Phi) is 4.51. The highest BCUT2D eigenvalue weighted by atomic mass is 16.5. The molecule has 0 bridgehead atoms. The van der Waals surface area contributed by atoms with Crippen molar-refractivity contribution >= 4 is 5.97 Å². The largest absolute Gasteiger partial charge is 0.462 e. The Labute approximate surface area is 117 Å². The molecule has 0 amide bonds. The van der Waals surface area contributed by atoms with Gasteiger partial charge in [-0.1, -0.05) is 30.3 Å². The number of carbonyl (C=O) groups excluding carboxylic acids is 1. The van der Waals surface area contributed by atoms with Gasteiger partial charge in [0.05, 0.1) is 36.9 Å². The van der Waals surface area contributed by atoms with Crippen LogP contribution in [0.15, 0.2) is 42.7 Å². The molecule has 0 radical (unpaired) electrons. The maximum atomic E-state index is 11.6. The smallest absolute Gasteiger partial charge is 0.341 e. The Bertz CT molecular complexity index is 614. The normalized spacial score (nSPS) is 11.6. The second kappa shape index (κ2) is 6.53. The van der Waals surface area contributed by atoms with Crippen molar-refractivity contribution in [1.82, 2.24) is 9.78 Å². The van der Waals surface area contributed by atoms with Crippen LogP contribution in [-0.2, 0) is 4.74 Å². The van der Waals surface area contributed by atoms with Crippen molar-refractivity contribution in [3.05, 3.63) is 53.9 Å².